The first-order valence-corrected chi connectivity index (χ1v) is 6.34. The molecule has 19 heavy (non-hydrogen) atoms. The molecule has 0 aliphatic rings. The first-order valence-electron chi connectivity index (χ1n) is 6.34. The van der Waals surface area contributed by atoms with Gasteiger partial charge >= 0.3 is 0 Å². The highest BCUT2D eigenvalue weighted by Crippen LogP contribution is 2.24. The molecule has 106 valence electrons. The maximum absolute atomic E-state index is 13.7. The molecule has 0 radical (unpaired) electrons. The number of nitrogens with zero attached hydrogens (tertiary/aromatic N) is 1. The van der Waals surface area contributed by atoms with Crippen LogP contribution in [0.1, 0.15) is 31.9 Å². The van der Waals surface area contributed by atoms with Gasteiger partial charge in [-0.15, -0.1) is 0 Å². The van der Waals surface area contributed by atoms with Crippen molar-refractivity contribution in [2.75, 3.05) is 13.6 Å². The van der Waals surface area contributed by atoms with Crippen molar-refractivity contribution < 1.29 is 13.6 Å². The molecule has 3 nitrogen and oxygen atoms in total. The van der Waals surface area contributed by atoms with Gasteiger partial charge in [-0.2, -0.15) is 0 Å². The molecule has 0 fully saturated rings. The lowest BCUT2D eigenvalue weighted by molar-refractivity contribution is -0.136. The molecule has 0 heterocycles. The molecular weight excluding hydrogens is 250 g/mol. The molecular formula is C14H20F2N2O. The molecule has 0 saturated carbocycles. The number of carbonyl (C=O) groups excluding carboxylic acids is 1. The molecule has 2 atom stereocenters. The summed E-state index contributed by atoms with van der Waals surface area (Å²) in [6, 6.07) is 2.71. The summed E-state index contributed by atoms with van der Waals surface area (Å²) in [5, 5.41) is 0. The van der Waals surface area contributed by atoms with E-state index in [2.05, 4.69) is 0 Å². The van der Waals surface area contributed by atoms with Crippen LogP contribution in [0.15, 0.2) is 18.2 Å². The second-order valence-electron chi connectivity index (χ2n) is 4.63. The van der Waals surface area contributed by atoms with Crippen molar-refractivity contribution in [3.05, 3.63) is 35.4 Å². The third-order valence-corrected chi connectivity index (χ3v) is 3.46. The molecule has 2 unspecified atom stereocenters. The SMILES string of the molecule is CCC(CN)C(=O)N(C)C(C)c1cc(F)ccc1F. The fourth-order valence-corrected chi connectivity index (χ4v) is 1.96. The van der Waals surface area contributed by atoms with E-state index in [1.807, 2.05) is 6.92 Å². The zero-order valence-electron chi connectivity index (χ0n) is 11.5. The summed E-state index contributed by atoms with van der Waals surface area (Å²) >= 11 is 0. The van der Waals surface area contributed by atoms with Crippen molar-refractivity contribution in [1.29, 1.82) is 0 Å². The molecule has 0 spiro atoms. The monoisotopic (exact) mass is 270 g/mol. The second kappa shape index (κ2) is 6.61. The van der Waals surface area contributed by atoms with Crippen LogP contribution in [0, 0.1) is 17.6 Å². The van der Waals surface area contributed by atoms with E-state index in [-0.39, 0.29) is 23.9 Å². The Hall–Kier alpha value is -1.49. The van der Waals surface area contributed by atoms with E-state index in [0.29, 0.717) is 6.42 Å². The first-order chi connectivity index (χ1) is 8.92. The van der Waals surface area contributed by atoms with Gasteiger partial charge in [-0.05, 0) is 31.5 Å². The Bertz CT molecular complexity index is 447. The van der Waals surface area contributed by atoms with Gasteiger partial charge < -0.3 is 10.6 Å². The average Bonchev–Trinajstić information content (AvgIpc) is 2.41. The van der Waals surface area contributed by atoms with Gasteiger partial charge in [0.05, 0.1) is 12.0 Å². The Morgan fingerprint density at radius 1 is 1.42 bits per heavy atom. The molecule has 0 aliphatic carbocycles. The summed E-state index contributed by atoms with van der Waals surface area (Å²) in [5.41, 5.74) is 5.70. The lowest BCUT2D eigenvalue weighted by Crippen LogP contribution is -2.38. The highest BCUT2D eigenvalue weighted by atomic mass is 19.1. The van der Waals surface area contributed by atoms with Crippen LogP contribution < -0.4 is 5.73 Å². The number of carbonyl (C=O) groups is 1. The summed E-state index contributed by atoms with van der Waals surface area (Å²) in [6.07, 6.45) is 0.623. The number of rotatable bonds is 5. The molecule has 1 aromatic carbocycles. The minimum atomic E-state index is -0.538. The van der Waals surface area contributed by atoms with Crippen molar-refractivity contribution >= 4 is 5.91 Å². The van der Waals surface area contributed by atoms with Crippen molar-refractivity contribution in [1.82, 2.24) is 4.90 Å². The largest absolute Gasteiger partial charge is 0.339 e. The van der Waals surface area contributed by atoms with E-state index in [9.17, 15) is 13.6 Å². The zero-order chi connectivity index (χ0) is 14.6. The minimum Gasteiger partial charge on any atom is -0.339 e. The van der Waals surface area contributed by atoms with Crippen LogP contribution in [-0.4, -0.2) is 24.4 Å². The number of hydrogen-bond acceptors (Lipinski definition) is 2. The van der Waals surface area contributed by atoms with Crippen LogP contribution in [0.25, 0.3) is 0 Å². The first kappa shape index (κ1) is 15.6. The summed E-state index contributed by atoms with van der Waals surface area (Å²) in [4.78, 5) is 13.6. The Labute approximate surface area is 112 Å². The van der Waals surface area contributed by atoms with Crippen LogP contribution in [0.3, 0.4) is 0 Å². The average molecular weight is 270 g/mol. The fourth-order valence-electron chi connectivity index (χ4n) is 1.96. The number of amides is 1. The minimum absolute atomic E-state index is 0.152. The summed E-state index contributed by atoms with van der Waals surface area (Å²) < 4.78 is 26.9. The topological polar surface area (TPSA) is 46.3 Å². The molecule has 0 aromatic heterocycles. The lowest BCUT2D eigenvalue weighted by Gasteiger charge is -2.28. The molecule has 2 N–H and O–H groups in total. The number of benzene rings is 1. The van der Waals surface area contributed by atoms with E-state index < -0.39 is 17.7 Å². The maximum atomic E-state index is 13.7. The van der Waals surface area contributed by atoms with Crippen molar-refractivity contribution in [2.24, 2.45) is 11.7 Å². The van der Waals surface area contributed by atoms with Crippen molar-refractivity contribution in [3.8, 4) is 0 Å². The Kier molecular flexibility index (Phi) is 5.42. The maximum Gasteiger partial charge on any atom is 0.227 e. The van der Waals surface area contributed by atoms with Crippen molar-refractivity contribution in [2.45, 2.75) is 26.3 Å². The summed E-state index contributed by atoms with van der Waals surface area (Å²) in [5.74, 6) is -1.48. The zero-order valence-corrected chi connectivity index (χ0v) is 11.5. The second-order valence-corrected chi connectivity index (χ2v) is 4.63. The van der Waals surface area contributed by atoms with Gasteiger partial charge in [-0.25, -0.2) is 8.78 Å². The number of nitrogens with two attached hydrogens (primary N) is 1. The predicted molar refractivity (Wildman–Crippen MR) is 70.4 cm³/mol. The van der Waals surface area contributed by atoms with Crippen LogP contribution in [-0.2, 0) is 4.79 Å². The van der Waals surface area contributed by atoms with Gasteiger partial charge in [0, 0.05) is 19.2 Å². The highest BCUT2D eigenvalue weighted by molar-refractivity contribution is 5.79. The molecule has 1 aromatic rings. The highest BCUT2D eigenvalue weighted by Gasteiger charge is 2.25. The van der Waals surface area contributed by atoms with Crippen LogP contribution in [0.4, 0.5) is 8.78 Å². The van der Waals surface area contributed by atoms with Crippen molar-refractivity contribution in [3.63, 3.8) is 0 Å². The summed E-state index contributed by atoms with van der Waals surface area (Å²) in [6.45, 7) is 3.79. The fraction of sp³-hybridized carbons (Fsp3) is 0.500. The van der Waals surface area contributed by atoms with Crippen LogP contribution in [0.2, 0.25) is 0 Å². The van der Waals surface area contributed by atoms with E-state index in [4.69, 9.17) is 5.73 Å². The van der Waals surface area contributed by atoms with E-state index in [0.717, 1.165) is 18.2 Å². The van der Waals surface area contributed by atoms with Gasteiger partial charge in [0.1, 0.15) is 11.6 Å². The molecule has 5 heteroatoms. The van der Waals surface area contributed by atoms with Gasteiger partial charge in [-0.1, -0.05) is 6.92 Å². The standard InChI is InChI=1S/C14H20F2N2O/c1-4-10(8-17)14(19)18(3)9(2)12-7-11(15)5-6-13(12)16/h5-7,9-10H,4,8,17H2,1-3H3. The van der Waals surface area contributed by atoms with E-state index >= 15 is 0 Å². The van der Waals surface area contributed by atoms with Crippen LogP contribution in [0.5, 0.6) is 0 Å². The smallest absolute Gasteiger partial charge is 0.227 e. The molecule has 0 aliphatic heterocycles. The normalized spacial score (nSPS) is 14.0. The quantitative estimate of drug-likeness (QED) is 0.893. The number of halogens is 2. The molecule has 1 amide bonds. The Balaban J connectivity index is 2.95. The van der Waals surface area contributed by atoms with Gasteiger partial charge in [-0.3, -0.25) is 4.79 Å². The third kappa shape index (κ3) is 3.50. The summed E-state index contributed by atoms with van der Waals surface area (Å²) in [7, 11) is 1.58. The van der Waals surface area contributed by atoms with E-state index in [1.54, 1.807) is 14.0 Å². The van der Waals surface area contributed by atoms with Crippen LogP contribution >= 0.6 is 0 Å². The molecule has 0 bridgehead atoms. The van der Waals surface area contributed by atoms with Gasteiger partial charge in [0.25, 0.3) is 0 Å². The predicted octanol–water partition coefficient (Wildman–Crippen LogP) is 2.47. The Morgan fingerprint density at radius 3 is 2.58 bits per heavy atom. The van der Waals surface area contributed by atoms with Gasteiger partial charge in [0.2, 0.25) is 5.91 Å². The van der Waals surface area contributed by atoms with E-state index in [1.165, 1.54) is 4.90 Å². The number of hydrogen-bond donors (Lipinski definition) is 1. The van der Waals surface area contributed by atoms with Gasteiger partial charge in [0.15, 0.2) is 0 Å². The Morgan fingerprint density at radius 2 is 2.05 bits per heavy atom. The molecule has 0 saturated heterocycles. The lowest BCUT2D eigenvalue weighted by atomic mass is 10.0. The third-order valence-electron chi connectivity index (χ3n) is 3.46. The molecule has 1 rings (SSSR count).